The third-order valence-corrected chi connectivity index (χ3v) is 6.47. The zero-order chi connectivity index (χ0) is 23.7. The van der Waals surface area contributed by atoms with Crippen LogP contribution in [0.2, 0.25) is 0 Å². The first-order chi connectivity index (χ1) is 15.6. The maximum Gasteiger partial charge on any atom is 0.306 e. The topological polar surface area (TPSA) is 43.4 Å². The third-order valence-electron chi connectivity index (χ3n) is 6.31. The lowest BCUT2D eigenvalue weighted by molar-refractivity contribution is -0.150. The third kappa shape index (κ3) is 24.0. The Labute approximate surface area is 205 Å². The lowest BCUT2D eigenvalue weighted by Crippen LogP contribution is -2.20. The Balaban J connectivity index is 3.71. The van der Waals surface area contributed by atoms with Crippen molar-refractivity contribution in [2.24, 2.45) is 0 Å². The van der Waals surface area contributed by atoms with E-state index >= 15 is 0 Å². The van der Waals surface area contributed by atoms with Crippen LogP contribution in [0.5, 0.6) is 0 Å². The minimum atomic E-state index is -0.315. The Bertz CT molecular complexity index is 425. The molecule has 1 unspecified atom stereocenters. The van der Waals surface area contributed by atoms with Gasteiger partial charge in [0.05, 0.1) is 6.42 Å². The summed E-state index contributed by atoms with van der Waals surface area (Å²) in [6, 6.07) is 0. The van der Waals surface area contributed by atoms with E-state index in [9.17, 15) is 9.59 Å². The quantitative estimate of drug-likeness (QED) is 0.0987. The van der Waals surface area contributed by atoms with Gasteiger partial charge >= 0.3 is 5.97 Å². The van der Waals surface area contributed by atoms with Crippen LogP contribution in [0, 0.1) is 0 Å². The fourth-order valence-electron chi connectivity index (χ4n) is 4.25. The minimum absolute atomic E-state index is 0.155. The van der Waals surface area contributed by atoms with E-state index < -0.39 is 0 Å². The molecule has 0 aromatic carbocycles. The molecule has 0 saturated carbocycles. The van der Waals surface area contributed by atoms with Crippen molar-refractivity contribution >= 4 is 23.7 Å². The first kappa shape index (κ1) is 31.4. The number of carbonyl (C=O) groups is 2. The van der Waals surface area contributed by atoms with Gasteiger partial charge in [-0.3, -0.25) is 9.59 Å². The van der Waals surface area contributed by atoms with Crippen molar-refractivity contribution < 1.29 is 14.3 Å². The van der Waals surface area contributed by atoms with Gasteiger partial charge in [-0.25, -0.2) is 0 Å². The van der Waals surface area contributed by atoms with Gasteiger partial charge in [-0.05, 0) is 31.9 Å². The van der Waals surface area contributed by atoms with Crippen LogP contribution < -0.4 is 0 Å². The highest BCUT2D eigenvalue weighted by Crippen LogP contribution is 2.17. The summed E-state index contributed by atoms with van der Waals surface area (Å²) in [5.41, 5.74) is 0. The van der Waals surface area contributed by atoms with Crippen molar-refractivity contribution in [2.45, 2.75) is 168 Å². The molecule has 3 nitrogen and oxygen atoms in total. The van der Waals surface area contributed by atoms with Gasteiger partial charge in [-0.1, -0.05) is 129 Å². The van der Waals surface area contributed by atoms with Gasteiger partial charge < -0.3 is 4.74 Å². The number of hydrogen-bond acceptors (Lipinski definition) is 3. The summed E-state index contributed by atoms with van der Waals surface area (Å²) < 4.78 is 5.60. The lowest BCUT2D eigenvalue weighted by atomic mass is 10.0. The zero-order valence-corrected chi connectivity index (χ0v) is 22.3. The molecule has 0 N–H and O–H groups in total. The monoisotopic (exact) mass is 469 g/mol. The summed E-state index contributed by atoms with van der Waals surface area (Å²) in [4.78, 5) is 23.6. The first-order valence-corrected chi connectivity index (χ1v) is 14.4. The maximum atomic E-state index is 12.2. The highest BCUT2D eigenvalue weighted by molar-refractivity contribution is 7.96. The SMILES string of the molecule is CCCCCCCCCCCCCC(=O)OC(CCCCCCCCCCC)CC(=O)[S]. The summed E-state index contributed by atoms with van der Waals surface area (Å²) in [6.45, 7) is 4.50. The number of rotatable bonds is 25. The van der Waals surface area contributed by atoms with Gasteiger partial charge in [0.1, 0.15) is 6.10 Å². The van der Waals surface area contributed by atoms with E-state index in [0.717, 1.165) is 32.1 Å². The second kappa shape index (κ2) is 25.0. The number of ether oxygens (including phenoxy) is 1. The molecule has 1 radical (unpaired) electrons. The molecule has 0 spiro atoms. The summed E-state index contributed by atoms with van der Waals surface area (Å²) in [6.07, 6.45) is 26.4. The van der Waals surface area contributed by atoms with E-state index in [2.05, 4.69) is 13.8 Å². The van der Waals surface area contributed by atoms with Gasteiger partial charge in [-0.15, -0.1) is 0 Å². The van der Waals surface area contributed by atoms with Crippen LogP contribution in [0.4, 0.5) is 0 Å². The van der Waals surface area contributed by atoms with Crippen molar-refractivity contribution in [3.05, 3.63) is 0 Å². The molecule has 1 atom stereocenters. The van der Waals surface area contributed by atoms with Crippen molar-refractivity contribution in [1.29, 1.82) is 0 Å². The first-order valence-electron chi connectivity index (χ1n) is 14.0. The molecule has 189 valence electrons. The van der Waals surface area contributed by atoms with E-state index in [1.165, 1.54) is 103 Å². The zero-order valence-electron chi connectivity index (χ0n) is 21.5. The fourth-order valence-corrected chi connectivity index (χ4v) is 4.44. The van der Waals surface area contributed by atoms with E-state index in [-0.39, 0.29) is 23.6 Å². The molecule has 0 aliphatic rings. The van der Waals surface area contributed by atoms with Crippen LogP contribution in [0.15, 0.2) is 0 Å². The second-order valence-electron chi connectivity index (χ2n) is 9.59. The largest absolute Gasteiger partial charge is 0.462 e. The Hall–Kier alpha value is -0.640. The van der Waals surface area contributed by atoms with Gasteiger partial charge in [0.15, 0.2) is 0 Å². The van der Waals surface area contributed by atoms with Gasteiger partial charge in [0.2, 0.25) is 5.12 Å². The second-order valence-corrected chi connectivity index (χ2v) is 10.0. The van der Waals surface area contributed by atoms with Crippen LogP contribution in [0.25, 0.3) is 0 Å². The normalized spacial score (nSPS) is 12.1. The molecule has 0 aliphatic heterocycles. The molecule has 0 fully saturated rings. The van der Waals surface area contributed by atoms with Crippen molar-refractivity contribution in [3.8, 4) is 0 Å². The summed E-state index contributed by atoms with van der Waals surface area (Å²) >= 11 is 4.73. The maximum absolute atomic E-state index is 12.2. The van der Waals surface area contributed by atoms with Crippen molar-refractivity contribution in [2.75, 3.05) is 0 Å². The molecule has 32 heavy (non-hydrogen) atoms. The molecule has 0 saturated heterocycles. The summed E-state index contributed by atoms with van der Waals surface area (Å²) in [7, 11) is 0. The standard InChI is InChI=1S/C28H53O3S/c1-3-5-7-9-11-13-14-16-18-20-22-24-27(29)31-26(25-28(30)32)23-21-19-17-15-12-10-8-6-4-2/h26H,3-25H2,1-2H3. The molecule has 0 aromatic heterocycles. The molecule has 0 aliphatic carbocycles. The van der Waals surface area contributed by atoms with Gasteiger partial charge in [0, 0.05) is 6.42 Å². The van der Waals surface area contributed by atoms with Crippen LogP contribution >= 0.6 is 12.6 Å². The Kier molecular flexibility index (Phi) is 24.5. The van der Waals surface area contributed by atoms with Crippen molar-refractivity contribution in [1.82, 2.24) is 0 Å². The number of hydrogen-bond donors (Lipinski definition) is 0. The highest BCUT2D eigenvalue weighted by atomic mass is 32.1. The molecule has 0 aromatic rings. The lowest BCUT2D eigenvalue weighted by Gasteiger charge is -2.16. The van der Waals surface area contributed by atoms with Crippen LogP contribution in [0.1, 0.15) is 162 Å². The fraction of sp³-hybridized carbons (Fsp3) is 0.929. The molecule has 0 bridgehead atoms. The average molecular weight is 470 g/mol. The number of esters is 1. The van der Waals surface area contributed by atoms with Crippen LogP contribution in [-0.4, -0.2) is 17.2 Å². The van der Waals surface area contributed by atoms with E-state index in [0.29, 0.717) is 6.42 Å². The average Bonchev–Trinajstić information content (AvgIpc) is 2.75. The Morgan fingerprint density at radius 3 is 1.38 bits per heavy atom. The van der Waals surface area contributed by atoms with Crippen molar-refractivity contribution in [3.63, 3.8) is 0 Å². The summed E-state index contributed by atoms with van der Waals surface area (Å²) in [5.74, 6) is -0.155. The van der Waals surface area contributed by atoms with E-state index in [1.54, 1.807) is 0 Å². The molecular weight excluding hydrogens is 416 g/mol. The van der Waals surface area contributed by atoms with Crippen LogP contribution in [-0.2, 0) is 14.3 Å². The van der Waals surface area contributed by atoms with E-state index in [1.807, 2.05) is 0 Å². The predicted molar refractivity (Wildman–Crippen MR) is 140 cm³/mol. The van der Waals surface area contributed by atoms with Crippen LogP contribution in [0.3, 0.4) is 0 Å². The smallest absolute Gasteiger partial charge is 0.306 e. The predicted octanol–water partition coefficient (Wildman–Crippen LogP) is 9.63. The Morgan fingerprint density at radius 2 is 0.969 bits per heavy atom. The number of unbranched alkanes of at least 4 members (excludes halogenated alkanes) is 18. The Morgan fingerprint density at radius 1 is 0.594 bits per heavy atom. The van der Waals surface area contributed by atoms with Gasteiger partial charge in [-0.2, -0.15) is 0 Å². The molecular formula is C28H53O3S. The molecule has 0 rings (SSSR count). The molecule has 0 amide bonds. The number of carbonyl (C=O) groups excluding carboxylic acids is 2. The summed E-state index contributed by atoms with van der Waals surface area (Å²) in [5, 5.41) is -0.298. The highest BCUT2D eigenvalue weighted by Gasteiger charge is 2.17. The van der Waals surface area contributed by atoms with Gasteiger partial charge in [0.25, 0.3) is 0 Å². The minimum Gasteiger partial charge on any atom is -0.462 e. The molecule has 0 heterocycles. The molecule has 4 heteroatoms. The van der Waals surface area contributed by atoms with E-state index in [4.69, 9.17) is 17.4 Å².